The van der Waals surface area contributed by atoms with Gasteiger partial charge in [-0.1, -0.05) is 6.07 Å². The maximum atomic E-state index is 6.52. The predicted octanol–water partition coefficient (Wildman–Crippen LogP) is 3.00. The van der Waals surface area contributed by atoms with Crippen molar-refractivity contribution in [2.75, 3.05) is 11.5 Å². The first-order valence-corrected chi connectivity index (χ1v) is 8.65. The molecule has 6 rings (SSSR count). The van der Waals surface area contributed by atoms with E-state index >= 15 is 0 Å². The monoisotopic (exact) mass is 310 g/mol. The van der Waals surface area contributed by atoms with Crippen LogP contribution >= 0.6 is 0 Å². The fourth-order valence-corrected chi connectivity index (χ4v) is 5.51. The topological polar surface area (TPSA) is 87.0 Å². The zero-order chi connectivity index (χ0) is 15.6. The van der Waals surface area contributed by atoms with E-state index in [4.69, 9.17) is 16.2 Å². The standard InChI is InChI=1S/C18H22N4O/c19-17-15-13(21-18(20)22-17)2-1-3-14(15)23-16-11-5-9-4-10(7-11)8-12(16)6-9/h1-3,9-12,16H,4-8H2,(H4,19,20,21,22). The van der Waals surface area contributed by atoms with Gasteiger partial charge in [-0.05, 0) is 67.9 Å². The zero-order valence-electron chi connectivity index (χ0n) is 13.1. The number of nitrogens with two attached hydrogens (primary N) is 2. The molecule has 4 fully saturated rings. The van der Waals surface area contributed by atoms with Crippen LogP contribution in [0, 0.1) is 23.7 Å². The van der Waals surface area contributed by atoms with Crippen LogP contribution in [-0.4, -0.2) is 16.1 Å². The van der Waals surface area contributed by atoms with Crippen molar-refractivity contribution in [1.29, 1.82) is 0 Å². The first-order chi connectivity index (χ1) is 11.2. The van der Waals surface area contributed by atoms with Gasteiger partial charge in [0.25, 0.3) is 0 Å². The maximum absolute atomic E-state index is 6.52. The molecule has 0 aliphatic heterocycles. The van der Waals surface area contributed by atoms with Crippen LogP contribution in [0.15, 0.2) is 18.2 Å². The number of rotatable bonds is 2. The van der Waals surface area contributed by atoms with E-state index in [-0.39, 0.29) is 5.95 Å². The summed E-state index contributed by atoms with van der Waals surface area (Å²) in [6, 6.07) is 5.86. The normalized spacial score (nSPS) is 34.9. The van der Waals surface area contributed by atoms with Crippen molar-refractivity contribution in [3.05, 3.63) is 18.2 Å². The van der Waals surface area contributed by atoms with Gasteiger partial charge >= 0.3 is 0 Å². The molecule has 4 saturated carbocycles. The Bertz CT molecular complexity index is 747. The van der Waals surface area contributed by atoms with Crippen molar-refractivity contribution in [2.45, 2.75) is 38.2 Å². The fraction of sp³-hybridized carbons (Fsp3) is 0.556. The average molecular weight is 310 g/mol. The first kappa shape index (κ1) is 13.4. The van der Waals surface area contributed by atoms with Crippen LogP contribution in [-0.2, 0) is 0 Å². The van der Waals surface area contributed by atoms with Crippen molar-refractivity contribution in [3.63, 3.8) is 0 Å². The largest absolute Gasteiger partial charge is 0.489 e. The van der Waals surface area contributed by atoms with Crippen LogP contribution in [0.3, 0.4) is 0 Å². The van der Waals surface area contributed by atoms with Gasteiger partial charge in [0.15, 0.2) is 0 Å². The van der Waals surface area contributed by atoms with E-state index in [1.165, 1.54) is 32.1 Å². The van der Waals surface area contributed by atoms with E-state index in [0.717, 1.165) is 28.5 Å². The number of aromatic nitrogens is 2. The Morgan fingerprint density at radius 2 is 1.61 bits per heavy atom. The molecule has 0 saturated heterocycles. The molecular formula is C18H22N4O. The molecule has 4 bridgehead atoms. The number of nitrogen functional groups attached to an aromatic ring is 2. The Hall–Kier alpha value is -2.04. The van der Waals surface area contributed by atoms with E-state index in [1.807, 2.05) is 18.2 Å². The second kappa shape index (κ2) is 4.73. The molecule has 0 radical (unpaired) electrons. The summed E-state index contributed by atoms with van der Waals surface area (Å²) < 4.78 is 6.52. The van der Waals surface area contributed by atoms with Crippen LogP contribution in [0.2, 0.25) is 0 Å². The summed E-state index contributed by atoms with van der Waals surface area (Å²) in [5.41, 5.74) is 12.6. The minimum absolute atomic E-state index is 0.210. The fourth-order valence-electron chi connectivity index (χ4n) is 5.51. The molecule has 2 aromatic rings. The minimum Gasteiger partial charge on any atom is -0.489 e. The lowest BCUT2D eigenvalue weighted by Gasteiger charge is -2.53. The van der Waals surface area contributed by atoms with E-state index in [9.17, 15) is 0 Å². The third kappa shape index (κ3) is 2.06. The van der Waals surface area contributed by atoms with Crippen LogP contribution in [0.5, 0.6) is 5.75 Å². The van der Waals surface area contributed by atoms with Crippen molar-refractivity contribution in [2.24, 2.45) is 23.7 Å². The molecule has 4 aliphatic carbocycles. The average Bonchev–Trinajstić information content (AvgIpc) is 2.49. The zero-order valence-corrected chi connectivity index (χ0v) is 13.1. The quantitative estimate of drug-likeness (QED) is 0.890. The first-order valence-electron chi connectivity index (χ1n) is 8.65. The van der Waals surface area contributed by atoms with Crippen LogP contribution in [0.1, 0.15) is 32.1 Å². The third-order valence-corrected chi connectivity index (χ3v) is 6.13. The molecule has 23 heavy (non-hydrogen) atoms. The molecular weight excluding hydrogens is 288 g/mol. The molecule has 0 unspecified atom stereocenters. The molecule has 0 amide bonds. The lowest BCUT2D eigenvalue weighted by Crippen LogP contribution is -2.50. The summed E-state index contributed by atoms with van der Waals surface area (Å²) in [6.07, 6.45) is 7.12. The highest BCUT2D eigenvalue weighted by atomic mass is 16.5. The van der Waals surface area contributed by atoms with Crippen molar-refractivity contribution in [3.8, 4) is 5.75 Å². The van der Waals surface area contributed by atoms with Gasteiger partial charge in [0.2, 0.25) is 5.95 Å². The van der Waals surface area contributed by atoms with E-state index < -0.39 is 0 Å². The number of hydrogen-bond donors (Lipinski definition) is 2. The van der Waals surface area contributed by atoms with E-state index in [2.05, 4.69) is 9.97 Å². The van der Waals surface area contributed by atoms with Gasteiger partial charge in [0, 0.05) is 0 Å². The van der Waals surface area contributed by atoms with Gasteiger partial charge in [-0.2, -0.15) is 4.98 Å². The highest BCUT2D eigenvalue weighted by Crippen LogP contribution is 2.54. The van der Waals surface area contributed by atoms with Gasteiger partial charge in [-0.3, -0.25) is 0 Å². The molecule has 120 valence electrons. The summed E-state index contributed by atoms with van der Waals surface area (Å²) in [5.74, 6) is 4.73. The molecule has 0 atom stereocenters. The summed E-state index contributed by atoms with van der Waals surface area (Å²) in [7, 11) is 0. The summed E-state index contributed by atoms with van der Waals surface area (Å²) in [6.45, 7) is 0. The van der Waals surface area contributed by atoms with Crippen molar-refractivity contribution >= 4 is 22.7 Å². The molecule has 0 spiro atoms. The Balaban J connectivity index is 1.52. The smallest absolute Gasteiger partial charge is 0.222 e. The number of nitrogens with zero attached hydrogens (tertiary/aromatic N) is 2. The van der Waals surface area contributed by atoms with Gasteiger partial charge in [-0.25, -0.2) is 4.98 Å². The van der Waals surface area contributed by atoms with Gasteiger partial charge in [0.1, 0.15) is 17.7 Å². The third-order valence-electron chi connectivity index (χ3n) is 6.13. The second-order valence-corrected chi connectivity index (χ2v) is 7.63. The molecule has 5 heteroatoms. The predicted molar refractivity (Wildman–Crippen MR) is 89.8 cm³/mol. The Kier molecular flexibility index (Phi) is 2.75. The maximum Gasteiger partial charge on any atom is 0.222 e. The van der Waals surface area contributed by atoms with Gasteiger partial charge in [-0.15, -0.1) is 0 Å². The summed E-state index contributed by atoms with van der Waals surface area (Å²) >= 11 is 0. The number of ether oxygens (including phenoxy) is 1. The Morgan fingerprint density at radius 1 is 0.913 bits per heavy atom. The molecule has 1 heterocycles. The lowest BCUT2D eigenvalue weighted by atomic mass is 9.55. The highest BCUT2D eigenvalue weighted by Gasteiger charge is 2.49. The SMILES string of the molecule is Nc1nc(N)c2c(OC3C4CC5CC(C4)CC3C5)cccc2n1. The number of hydrogen-bond acceptors (Lipinski definition) is 5. The molecule has 5 nitrogen and oxygen atoms in total. The Morgan fingerprint density at radius 3 is 2.30 bits per heavy atom. The summed E-state index contributed by atoms with van der Waals surface area (Å²) in [5, 5.41) is 0.801. The van der Waals surface area contributed by atoms with Crippen LogP contribution in [0.25, 0.3) is 10.9 Å². The van der Waals surface area contributed by atoms with Crippen LogP contribution in [0.4, 0.5) is 11.8 Å². The minimum atomic E-state index is 0.210. The van der Waals surface area contributed by atoms with Crippen LogP contribution < -0.4 is 16.2 Å². The summed E-state index contributed by atoms with van der Waals surface area (Å²) in [4.78, 5) is 8.40. The van der Waals surface area contributed by atoms with Gasteiger partial charge < -0.3 is 16.2 Å². The van der Waals surface area contributed by atoms with Gasteiger partial charge in [0.05, 0.1) is 10.9 Å². The van der Waals surface area contributed by atoms with E-state index in [1.54, 1.807) is 0 Å². The molecule has 1 aromatic heterocycles. The highest BCUT2D eigenvalue weighted by molar-refractivity contribution is 5.94. The molecule has 4 N–H and O–H groups in total. The molecule has 1 aromatic carbocycles. The lowest BCUT2D eigenvalue weighted by molar-refractivity contribution is -0.0784. The number of anilines is 2. The Labute approximate surface area is 135 Å². The number of benzene rings is 1. The number of fused-ring (bicyclic) bond motifs is 1. The van der Waals surface area contributed by atoms with Crippen molar-refractivity contribution in [1.82, 2.24) is 9.97 Å². The second-order valence-electron chi connectivity index (χ2n) is 7.63. The van der Waals surface area contributed by atoms with E-state index in [0.29, 0.717) is 23.8 Å². The molecule has 4 aliphatic rings. The van der Waals surface area contributed by atoms with Crippen molar-refractivity contribution < 1.29 is 4.74 Å².